The molecule has 0 amide bonds. The maximum absolute atomic E-state index is 12.8. The van der Waals surface area contributed by atoms with Crippen LogP contribution in [-0.2, 0) is 28.6 Å². The first-order chi connectivity index (χ1) is 28.6. The summed E-state index contributed by atoms with van der Waals surface area (Å²) in [5.74, 6) is 1.64. The normalized spacial score (nSPS) is 12.6. The standard InChI is InChI=1S/C53H102O6/c1-7-49(6)41-35-29-23-18-20-25-31-37-43-52(55)58-46-50(45-57-51(54)42-36-30-24-19-17-22-28-34-40-48(4)5)59-53(56)44-38-32-26-16-14-12-10-8-9-11-13-15-21-27-33-39-47(2)3/h47-50H,7-46H2,1-6H3/t49?,50-/m0/s1. The molecule has 0 saturated carbocycles. The van der Waals surface area contributed by atoms with Crippen LogP contribution in [-0.4, -0.2) is 37.2 Å². The van der Waals surface area contributed by atoms with E-state index in [2.05, 4.69) is 41.5 Å². The van der Waals surface area contributed by atoms with Crippen molar-refractivity contribution in [3.8, 4) is 0 Å². The van der Waals surface area contributed by atoms with Crippen molar-refractivity contribution >= 4 is 17.9 Å². The quantitative estimate of drug-likeness (QED) is 0.0345. The monoisotopic (exact) mass is 835 g/mol. The van der Waals surface area contributed by atoms with Crippen LogP contribution in [0.2, 0.25) is 0 Å². The molecule has 0 saturated heterocycles. The third-order valence-electron chi connectivity index (χ3n) is 12.3. The van der Waals surface area contributed by atoms with Gasteiger partial charge in [0.1, 0.15) is 13.2 Å². The fourth-order valence-corrected chi connectivity index (χ4v) is 7.91. The minimum absolute atomic E-state index is 0.0654. The highest BCUT2D eigenvalue weighted by molar-refractivity contribution is 5.71. The summed E-state index contributed by atoms with van der Waals surface area (Å²) in [6.07, 6.45) is 43.8. The predicted molar refractivity (Wildman–Crippen MR) is 252 cm³/mol. The molecule has 350 valence electrons. The molecule has 0 N–H and O–H groups in total. The highest BCUT2D eigenvalue weighted by Crippen LogP contribution is 2.18. The Labute approximate surface area is 368 Å². The van der Waals surface area contributed by atoms with Crippen molar-refractivity contribution in [2.45, 2.75) is 292 Å². The number of rotatable bonds is 46. The summed E-state index contributed by atoms with van der Waals surface area (Å²) in [7, 11) is 0. The lowest BCUT2D eigenvalue weighted by Crippen LogP contribution is -2.30. The molecular formula is C53H102O6. The van der Waals surface area contributed by atoms with E-state index in [0.717, 1.165) is 75.5 Å². The van der Waals surface area contributed by atoms with Crippen molar-refractivity contribution in [3.63, 3.8) is 0 Å². The summed E-state index contributed by atoms with van der Waals surface area (Å²) in [6.45, 7) is 13.7. The molecule has 2 atom stereocenters. The third kappa shape index (κ3) is 45.8. The van der Waals surface area contributed by atoms with Crippen LogP contribution in [0.15, 0.2) is 0 Å². The molecule has 0 aromatic heterocycles. The first kappa shape index (κ1) is 57.4. The van der Waals surface area contributed by atoms with Crippen LogP contribution in [0.3, 0.4) is 0 Å². The Hall–Kier alpha value is -1.59. The number of carbonyl (C=O) groups excluding carboxylic acids is 3. The average Bonchev–Trinajstić information content (AvgIpc) is 3.20. The van der Waals surface area contributed by atoms with Crippen molar-refractivity contribution in [2.24, 2.45) is 17.8 Å². The molecule has 0 bridgehead atoms. The topological polar surface area (TPSA) is 78.9 Å². The van der Waals surface area contributed by atoms with Gasteiger partial charge in [-0.25, -0.2) is 0 Å². The second-order valence-electron chi connectivity index (χ2n) is 19.4. The highest BCUT2D eigenvalue weighted by Gasteiger charge is 2.19. The molecule has 0 rings (SSSR count). The van der Waals surface area contributed by atoms with Crippen LogP contribution in [0.25, 0.3) is 0 Å². The Bertz CT molecular complexity index is 916. The zero-order chi connectivity index (χ0) is 43.4. The van der Waals surface area contributed by atoms with Crippen molar-refractivity contribution in [2.75, 3.05) is 13.2 Å². The first-order valence-corrected chi connectivity index (χ1v) is 26.1. The van der Waals surface area contributed by atoms with Gasteiger partial charge in [-0.3, -0.25) is 14.4 Å². The smallest absolute Gasteiger partial charge is 0.306 e. The van der Waals surface area contributed by atoms with Crippen molar-refractivity contribution in [1.82, 2.24) is 0 Å². The molecule has 59 heavy (non-hydrogen) atoms. The fraction of sp³-hybridized carbons (Fsp3) is 0.943. The molecule has 0 aromatic carbocycles. The molecule has 0 aliphatic rings. The molecule has 0 fully saturated rings. The second kappa shape index (κ2) is 44.5. The van der Waals surface area contributed by atoms with Crippen molar-refractivity contribution in [1.29, 1.82) is 0 Å². The first-order valence-electron chi connectivity index (χ1n) is 26.1. The molecule has 0 spiro atoms. The van der Waals surface area contributed by atoms with E-state index in [0.29, 0.717) is 19.3 Å². The van der Waals surface area contributed by atoms with Crippen molar-refractivity contribution < 1.29 is 28.6 Å². The van der Waals surface area contributed by atoms with E-state index < -0.39 is 6.10 Å². The SMILES string of the molecule is CCC(C)CCCCCCCCCCC(=O)OC[C@H](COC(=O)CCCCCCCCCCC(C)C)OC(=O)CCCCCCCCCCCCCCCCCC(C)C. The number of esters is 3. The number of unbranched alkanes of at least 4 members (excludes halogenated alkanes) is 28. The Morgan fingerprint density at radius 2 is 0.593 bits per heavy atom. The number of hydrogen-bond donors (Lipinski definition) is 0. The van der Waals surface area contributed by atoms with E-state index >= 15 is 0 Å². The summed E-state index contributed by atoms with van der Waals surface area (Å²) in [4.78, 5) is 37.9. The average molecular weight is 835 g/mol. The highest BCUT2D eigenvalue weighted by atomic mass is 16.6. The lowest BCUT2D eigenvalue weighted by molar-refractivity contribution is -0.167. The molecular weight excluding hydrogens is 733 g/mol. The van der Waals surface area contributed by atoms with E-state index in [1.807, 2.05) is 0 Å². The Morgan fingerprint density at radius 1 is 0.339 bits per heavy atom. The molecule has 0 aliphatic heterocycles. The lowest BCUT2D eigenvalue weighted by atomic mass is 9.99. The maximum Gasteiger partial charge on any atom is 0.306 e. The van der Waals surface area contributed by atoms with E-state index in [1.54, 1.807) is 0 Å². The van der Waals surface area contributed by atoms with Gasteiger partial charge >= 0.3 is 17.9 Å². The summed E-state index contributed by atoms with van der Waals surface area (Å²) in [5, 5.41) is 0. The molecule has 1 unspecified atom stereocenters. The van der Waals surface area contributed by atoms with Gasteiger partial charge in [0.2, 0.25) is 0 Å². The Balaban J connectivity index is 4.30. The molecule has 0 radical (unpaired) electrons. The van der Waals surface area contributed by atoms with Gasteiger partial charge in [-0.05, 0) is 37.0 Å². The van der Waals surface area contributed by atoms with Crippen molar-refractivity contribution in [3.05, 3.63) is 0 Å². The summed E-state index contributed by atoms with van der Waals surface area (Å²) in [6, 6.07) is 0. The van der Waals surface area contributed by atoms with E-state index in [4.69, 9.17) is 14.2 Å². The van der Waals surface area contributed by atoms with Crippen LogP contribution in [0.4, 0.5) is 0 Å². The Kier molecular flexibility index (Phi) is 43.3. The molecule has 0 aromatic rings. The van der Waals surface area contributed by atoms with Crippen LogP contribution in [0.1, 0.15) is 286 Å². The number of ether oxygens (including phenoxy) is 3. The molecule has 0 aliphatic carbocycles. The van der Waals surface area contributed by atoms with E-state index in [-0.39, 0.29) is 31.1 Å². The van der Waals surface area contributed by atoms with Crippen LogP contribution in [0.5, 0.6) is 0 Å². The minimum atomic E-state index is -0.763. The van der Waals surface area contributed by atoms with Crippen LogP contribution < -0.4 is 0 Å². The molecule has 0 heterocycles. The number of hydrogen-bond acceptors (Lipinski definition) is 6. The van der Waals surface area contributed by atoms with Gasteiger partial charge < -0.3 is 14.2 Å². The maximum atomic E-state index is 12.8. The fourth-order valence-electron chi connectivity index (χ4n) is 7.91. The predicted octanol–water partition coefficient (Wildman–Crippen LogP) is 16.8. The molecule has 6 heteroatoms. The zero-order valence-electron chi connectivity index (χ0n) is 40.5. The largest absolute Gasteiger partial charge is 0.462 e. The van der Waals surface area contributed by atoms with Gasteiger partial charge in [0, 0.05) is 19.3 Å². The third-order valence-corrected chi connectivity index (χ3v) is 12.3. The van der Waals surface area contributed by atoms with E-state index in [1.165, 1.54) is 167 Å². The summed E-state index contributed by atoms with van der Waals surface area (Å²) < 4.78 is 16.8. The van der Waals surface area contributed by atoms with Gasteiger partial charge in [0.25, 0.3) is 0 Å². The van der Waals surface area contributed by atoms with Gasteiger partial charge in [-0.15, -0.1) is 0 Å². The van der Waals surface area contributed by atoms with Gasteiger partial charge in [0.05, 0.1) is 0 Å². The number of carbonyl (C=O) groups is 3. The van der Waals surface area contributed by atoms with Crippen LogP contribution >= 0.6 is 0 Å². The van der Waals surface area contributed by atoms with E-state index in [9.17, 15) is 14.4 Å². The summed E-state index contributed by atoms with van der Waals surface area (Å²) in [5.41, 5.74) is 0. The van der Waals surface area contributed by atoms with Gasteiger partial charge in [-0.1, -0.05) is 247 Å². The molecule has 6 nitrogen and oxygen atoms in total. The lowest BCUT2D eigenvalue weighted by Gasteiger charge is -2.18. The second-order valence-corrected chi connectivity index (χ2v) is 19.4. The summed E-state index contributed by atoms with van der Waals surface area (Å²) >= 11 is 0. The van der Waals surface area contributed by atoms with Crippen LogP contribution in [0, 0.1) is 17.8 Å². The van der Waals surface area contributed by atoms with Gasteiger partial charge in [0.15, 0.2) is 6.10 Å². The minimum Gasteiger partial charge on any atom is -0.462 e. The van der Waals surface area contributed by atoms with Gasteiger partial charge in [-0.2, -0.15) is 0 Å². The Morgan fingerprint density at radius 3 is 0.881 bits per heavy atom. The zero-order valence-corrected chi connectivity index (χ0v) is 40.5.